The van der Waals surface area contributed by atoms with E-state index in [4.69, 9.17) is 0 Å². The van der Waals surface area contributed by atoms with Crippen LogP contribution < -0.4 is 5.32 Å². The third kappa shape index (κ3) is 3.54. The van der Waals surface area contributed by atoms with Crippen LogP contribution >= 0.6 is 0 Å². The summed E-state index contributed by atoms with van der Waals surface area (Å²) in [5, 5.41) is 12.2. The van der Waals surface area contributed by atoms with Crippen LogP contribution in [-0.4, -0.2) is 25.0 Å². The number of hydrogen-bond donors (Lipinski definition) is 1. The number of anilines is 2. The highest BCUT2D eigenvalue weighted by atomic mass is 19.4. The van der Waals surface area contributed by atoms with Crippen LogP contribution in [-0.2, 0) is 13.2 Å². The highest BCUT2D eigenvalue weighted by Gasteiger charge is 2.30. The highest BCUT2D eigenvalue weighted by molar-refractivity contribution is 5.93. The molecule has 9 heteroatoms. The van der Waals surface area contributed by atoms with Crippen LogP contribution in [0.1, 0.15) is 5.56 Å². The molecule has 31 heavy (non-hydrogen) atoms. The van der Waals surface area contributed by atoms with Crippen molar-refractivity contribution in [2.75, 3.05) is 5.32 Å². The molecule has 154 valence electrons. The molecule has 1 N–H and O–H groups in total. The summed E-state index contributed by atoms with van der Waals surface area (Å²) in [6.45, 7) is 0. The fourth-order valence-corrected chi connectivity index (χ4v) is 3.36. The van der Waals surface area contributed by atoms with E-state index in [0.29, 0.717) is 22.7 Å². The van der Waals surface area contributed by atoms with E-state index in [0.717, 1.165) is 34.2 Å². The lowest BCUT2D eigenvalue weighted by Gasteiger charge is -2.12. The summed E-state index contributed by atoms with van der Waals surface area (Å²) in [6, 6.07) is 17.9. The van der Waals surface area contributed by atoms with E-state index < -0.39 is 11.7 Å². The Morgan fingerprint density at radius 1 is 0.871 bits per heavy atom. The van der Waals surface area contributed by atoms with E-state index in [9.17, 15) is 13.2 Å². The molecule has 0 bridgehead atoms. The molecule has 5 aromatic rings. The van der Waals surface area contributed by atoms with Crippen LogP contribution in [0.25, 0.3) is 33.3 Å². The number of para-hydroxylation sites is 1. The molecular formula is C22H15F3N6. The van der Waals surface area contributed by atoms with Crippen molar-refractivity contribution in [3.05, 3.63) is 72.3 Å². The number of halogens is 3. The zero-order chi connectivity index (χ0) is 21.6. The molecule has 0 aliphatic rings. The third-order valence-electron chi connectivity index (χ3n) is 4.95. The molecular weight excluding hydrogens is 405 g/mol. The standard InChI is InChI=1S/C22H15F3N6/c1-31-19-11-10-15(12-18(19)29-30-31)26-21-16-4-2-3-5-17(16)27-20(28-21)13-6-8-14(9-7-13)22(23,24)25/h2-12H,1H3,(H,26,27,28). The topological polar surface area (TPSA) is 68.5 Å². The van der Waals surface area contributed by atoms with Gasteiger partial charge < -0.3 is 5.32 Å². The van der Waals surface area contributed by atoms with Crippen molar-refractivity contribution in [2.24, 2.45) is 7.05 Å². The second kappa shape index (κ2) is 7.05. The van der Waals surface area contributed by atoms with Gasteiger partial charge in [0.1, 0.15) is 11.3 Å². The molecule has 2 aromatic heterocycles. The SMILES string of the molecule is Cn1nnc2cc(Nc3nc(-c4ccc(C(F)(F)F)cc4)nc4ccccc34)ccc21. The lowest BCUT2D eigenvalue weighted by Crippen LogP contribution is -2.04. The van der Waals surface area contributed by atoms with Crippen molar-refractivity contribution >= 4 is 33.4 Å². The van der Waals surface area contributed by atoms with Crippen molar-refractivity contribution in [1.29, 1.82) is 0 Å². The maximum absolute atomic E-state index is 12.9. The van der Waals surface area contributed by atoms with Crippen LogP contribution in [0.15, 0.2) is 66.7 Å². The first-order valence-corrected chi connectivity index (χ1v) is 9.39. The van der Waals surface area contributed by atoms with Crippen molar-refractivity contribution in [1.82, 2.24) is 25.0 Å². The number of alkyl halides is 3. The predicted molar refractivity (Wildman–Crippen MR) is 112 cm³/mol. The number of aryl methyl sites for hydroxylation is 1. The summed E-state index contributed by atoms with van der Waals surface area (Å²) >= 11 is 0. The van der Waals surface area contributed by atoms with E-state index in [1.807, 2.05) is 49.5 Å². The van der Waals surface area contributed by atoms with E-state index in [1.165, 1.54) is 12.1 Å². The Morgan fingerprint density at radius 3 is 2.42 bits per heavy atom. The molecule has 6 nitrogen and oxygen atoms in total. The quantitative estimate of drug-likeness (QED) is 0.427. The predicted octanol–water partition coefficient (Wildman–Crippen LogP) is 5.34. The number of benzene rings is 3. The molecule has 0 atom stereocenters. The second-order valence-electron chi connectivity index (χ2n) is 7.03. The summed E-state index contributed by atoms with van der Waals surface area (Å²) in [5.74, 6) is 0.874. The van der Waals surface area contributed by atoms with Gasteiger partial charge in [0.2, 0.25) is 0 Å². The minimum absolute atomic E-state index is 0.329. The molecule has 0 amide bonds. The molecule has 0 saturated heterocycles. The number of hydrogen-bond acceptors (Lipinski definition) is 5. The molecule has 0 fully saturated rings. The van der Waals surface area contributed by atoms with Gasteiger partial charge in [-0.1, -0.05) is 29.5 Å². The number of nitrogens with one attached hydrogen (secondary N) is 1. The van der Waals surface area contributed by atoms with Gasteiger partial charge in [0.25, 0.3) is 0 Å². The molecule has 0 saturated carbocycles. The van der Waals surface area contributed by atoms with Gasteiger partial charge in [0, 0.05) is 23.7 Å². The average molecular weight is 420 g/mol. The number of rotatable bonds is 3. The van der Waals surface area contributed by atoms with E-state index >= 15 is 0 Å². The zero-order valence-corrected chi connectivity index (χ0v) is 16.2. The van der Waals surface area contributed by atoms with Crippen molar-refractivity contribution in [3.63, 3.8) is 0 Å². The van der Waals surface area contributed by atoms with Crippen molar-refractivity contribution in [3.8, 4) is 11.4 Å². The lowest BCUT2D eigenvalue weighted by atomic mass is 10.1. The fourth-order valence-electron chi connectivity index (χ4n) is 3.36. The van der Waals surface area contributed by atoms with Crippen LogP contribution in [0.4, 0.5) is 24.7 Å². The molecule has 0 aliphatic heterocycles. The Labute approximate surface area is 174 Å². The third-order valence-corrected chi connectivity index (χ3v) is 4.95. The average Bonchev–Trinajstić information content (AvgIpc) is 3.13. The Bertz CT molecular complexity index is 1410. The molecule has 0 spiro atoms. The first-order chi connectivity index (χ1) is 14.9. The maximum atomic E-state index is 12.9. The zero-order valence-electron chi connectivity index (χ0n) is 16.2. The van der Waals surface area contributed by atoms with E-state index in [-0.39, 0.29) is 0 Å². The van der Waals surface area contributed by atoms with Gasteiger partial charge in [-0.15, -0.1) is 5.10 Å². The molecule has 3 aromatic carbocycles. The lowest BCUT2D eigenvalue weighted by molar-refractivity contribution is -0.137. The summed E-state index contributed by atoms with van der Waals surface area (Å²) in [7, 11) is 1.82. The fraction of sp³-hybridized carbons (Fsp3) is 0.0909. The van der Waals surface area contributed by atoms with E-state index in [1.54, 1.807) is 4.68 Å². The van der Waals surface area contributed by atoms with Gasteiger partial charge in [-0.3, -0.25) is 0 Å². The minimum Gasteiger partial charge on any atom is -0.340 e. The van der Waals surface area contributed by atoms with Crippen molar-refractivity contribution in [2.45, 2.75) is 6.18 Å². The summed E-state index contributed by atoms with van der Waals surface area (Å²) in [4.78, 5) is 9.13. The summed E-state index contributed by atoms with van der Waals surface area (Å²) in [5.41, 5.74) is 2.84. The summed E-state index contributed by atoms with van der Waals surface area (Å²) < 4.78 is 40.4. The van der Waals surface area contributed by atoms with Gasteiger partial charge in [-0.25, -0.2) is 14.6 Å². The number of nitrogens with zero attached hydrogens (tertiary/aromatic N) is 5. The van der Waals surface area contributed by atoms with Gasteiger partial charge in [-0.2, -0.15) is 13.2 Å². The number of aromatic nitrogens is 5. The van der Waals surface area contributed by atoms with Crippen LogP contribution in [0.5, 0.6) is 0 Å². The summed E-state index contributed by atoms with van der Waals surface area (Å²) in [6.07, 6.45) is -4.39. The second-order valence-corrected chi connectivity index (χ2v) is 7.03. The van der Waals surface area contributed by atoms with E-state index in [2.05, 4.69) is 25.6 Å². The molecule has 0 unspecified atom stereocenters. The largest absolute Gasteiger partial charge is 0.416 e. The minimum atomic E-state index is -4.39. The first-order valence-electron chi connectivity index (χ1n) is 9.39. The van der Waals surface area contributed by atoms with Crippen molar-refractivity contribution < 1.29 is 13.2 Å². The van der Waals surface area contributed by atoms with Gasteiger partial charge >= 0.3 is 6.18 Å². The normalized spacial score (nSPS) is 11.9. The van der Waals surface area contributed by atoms with Crippen LogP contribution in [0.3, 0.4) is 0 Å². The van der Waals surface area contributed by atoms with Gasteiger partial charge in [-0.05, 0) is 42.5 Å². The Morgan fingerprint density at radius 2 is 1.65 bits per heavy atom. The van der Waals surface area contributed by atoms with Crippen LogP contribution in [0.2, 0.25) is 0 Å². The Kier molecular flexibility index (Phi) is 4.32. The Hall–Kier alpha value is -4.01. The molecule has 0 radical (unpaired) electrons. The smallest absolute Gasteiger partial charge is 0.340 e. The molecule has 2 heterocycles. The monoisotopic (exact) mass is 420 g/mol. The van der Waals surface area contributed by atoms with Gasteiger partial charge in [0.05, 0.1) is 16.6 Å². The molecule has 0 aliphatic carbocycles. The van der Waals surface area contributed by atoms with Crippen LogP contribution in [0, 0.1) is 0 Å². The van der Waals surface area contributed by atoms with Gasteiger partial charge in [0.15, 0.2) is 5.82 Å². The first kappa shape index (κ1) is 19.0. The highest BCUT2D eigenvalue weighted by Crippen LogP contribution is 2.32. The maximum Gasteiger partial charge on any atom is 0.416 e. The number of fused-ring (bicyclic) bond motifs is 2. The molecule has 5 rings (SSSR count). The Balaban J connectivity index is 1.58.